The molecule has 1 radical (unpaired) electrons. The van der Waals surface area contributed by atoms with Crippen LogP contribution in [0.4, 0.5) is 0 Å². The van der Waals surface area contributed by atoms with Gasteiger partial charge in [0, 0.05) is 0 Å². The molecule has 0 fully saturated rings. The molecule has 0 saturated carbocycles. The molecule has 0 heteroatoms. The average molecular weight is 139 g/mol. The molecule has 0 aromatic carbocycles. The first-order valence-electron chi connectivity index (χ1n) is 4.02. The van der Waals surface area contributed by atoms with Gasteiger partial charge in [0.25, 0.3) is 0 Å². The number of rotatable bonds is 3. The summed E-state index contributed by atoms with van der Waals surface area (Å²) in [5.41, 5.74) is 1.76. The van der Waals surface area contributed by atoms with E-state index in [9.17, 15) is 0 Å². The molecule has 0 heterocycles. The second-order valence-electron chi connectivity index (χ2n) is 3.31. The van der Waals surface area contributed by atoms with E-state index in [1.54, 1.807) is 0 Å². The lowest BCUT2D eigenvalue weighted by Gasteiger charge is -2.23. The number of hydrogen-bond acceptors (Lipinski definition) is 0. The van der Waals surface area contributed by atoms with Crippen molar-refractivity contribution in [2.75, 3.05) is 0 Å². The van der Waals surface area contributed by atoms with Gasteiger partial charge in [0.15, 0.2) is 0 Å². The standard InChI is InChI=1S/C10H19/c1-6-8-9(3)10(4,5)7-2/h7-8H,6H2,1-5H3/b9-8+. The van der Waals surface area contributed by atoms with E-state index in [0.29, 0.717) is 0 Å². The van der Waals surface area contributed by atoms with E-state index < -0.39 is 0 Å². The second-order valence-corrected chi connectivity index (χ2v) is 3.31. The van der Waals surface area contributed by atoms with Gasteiger partial charge < -0.3 is 0 Å². The quantitative estimate of drug-likeness (QED) is 0.524. The molecule has 0 N–H and O–H groups in total. The lowest BCUT2D eigenvalue weighted by atomic mass is 9.82. The Hall–Kier alpha value is -0.260. The summed E-state index contributed by atoms with van der Waals surface area (Å²) in [5.74, 6) is 0. The molecule has 0 aliphatic heterocycles. The number of hydrogen-bond donors (Lipinski definition) is 0. The summed E-state index contributed by atoms with van der Waals surface area (Å²) in [6.45, 7) is 11.0. The minimum atomic E-state index is 0.288. The summed E-state index contributed by atoms with van der Waals surface area (Å²) in [7, 11) is 0. The molecule has 0 amide bonds. The third-order valence-electron chi connectivity index (χ3n) is 2.25. The van der Waals surface area contributed by atoms with Gasteiger partial charge in [0.05, 0.1) is 0 Å². The summed E-state index contributed by atoms with van der Waals surface area (Å²) < 4.78 is 0. The predicted molar refractivity (Wildman–Crippen MR) is 47.8 cm³/mol. The van der Waals surface area contributed by atoms with Crippen LogP contribution in [0.2, 0.25) is 0 Å². The first-order chi connectivity index (χ1) is 4.54. The second kappa shape index (κ2) is 3.80. The van der Waals surface area contributed by atoms with Crippen LogP contribution in [0, 0.1) is 11.8 Å². The summed E-state index contributed by atoms with van der Waals surface area (Å²) in [5, 5.41) is 0. The molecule has 0 aromatic heterocycles. The fourth-order valence-electron chi connectivity index (χ4n) is 0.797. The topological polar surface area (TPSA) is 0 Å². The maximum atomic E-state index is 2.29. The zero-order valence-corrected chi connectivity index (χ0v) is 7.86. The SMILES string of the molecule is C[CH]C(C)(C)/C(C)=C/CC. The van der Waals surface area contributed by atoms with Crippen LogP contribution in [0.1, 0.15) is 41.0 Å². The molecule has 0 unspecified atom stereocenters. The smallest absolute Gasteiger partial charge is 0.0119 e. The van der Waals surface area contributed by atoms with E-state index in [1.165, 1.54) is 5.57 Å². The Kier molecular flexibility index (Phi) is 3.70. The average Bonchev–Trinajstić information content (AvgIpc) is 1.89. The summed E-state index contributed by atoms with van der Waals surface area (Å²) in [4.78, 5) is 0. The van der Waals surface area contributed by atoms with Crippen molar-refractivity contribution < 1.29 is 0 Å². The molecule has 10 heavy (non-hydrogen) atoms. The molecule has 0 saturated heterocycles. The van der Waals surface area contributed by atoms with E-state index in [-0.39, 0.29) is 5.41 Å². The maximum absolute atomic E-state index is 2.29. The van der Waals surface area contributed by atoms with Crippen LogP contribution in [0.15, 0.2) is 11.6 Å². The molecule has 0 aliphatic rings. The van der Waals surface area contributed by atoms with Crippen molar-refractivity contribution in [3.05, 3.63) is 18.1 Å². The molecule has 0 rings (SSSR count). The van der Waals surface area contributed by atoms with Crippen LogP contribution in [-0.4, -0.2) is 0 Å². The van der Waals surface area contributed by atoms with E-state index in [1.807, 2.05) is 0 Å². The minimum absolute atomic E-state index is 0.288. The van der Waals surface area contributed by atoms with Crippen molar-refractivity contribution in [2.24, 2.45) is 5.41 Å². The predicted octanol–water partition coefficient (Wildman–Crippen LogP) is 3.59. The Morgan fingerprint density at radius 3 is 2.20 bits per heavy atom. The highest BCUT2D eigenvalue weighted by Crippen LogP contribution is 2.28. The van der Waals surface area contributed by atoms with Gasteiger partial charge in [-0.05, 0) is 25.2 Å². The Balaban J connectivity index is 4.17. The molecule has 0 spiro atoms. The van der Waals surface area contributed by atoms with Crippen LogP contribution < -0.4 is 0 Å². The molecule has 0 bridgehead atoms. The Labute approximate surface area is 65.3 Å². The lowest BCUT2D eigenvalue weighted by Crippen LogP contribution is -2.11. The van der Waals surface area contributed by atoms with E-state index in [0.717, 1.165) is 6.42 Å². The van der Waals surface area contributed by atoms with Gasteiger partial charge in [-0.15, -0.1) is 0 Å². The van der Waals surface area contributed by atoms with Crippen molar-refractivity contribution in [1.82, 2.24) is 0 Å². The van der Waals surface area contributed by atoms with Crippen molar-refractivity contribution in [3.63, 3.8) is 0 Å². The highest BCUT2D eigenvalue weighted by molar-refractivity contribution is 5.13. The van der Waals surface area contributed by atoms with Gasteiger partial charge in [-0.2, -0.15) is 0 Å². The Morgan fingerprint density at radius 1 is 1.40 bits per heavy atom. The van der Waals surface area contributed by atoms with Gasteiger partial charge in [-0.3, -0.25) is 0 Å². The molecule has 0 atom stereocenters. The monoisotopic (exact) mass is 139 g/mol. The van der Waals surface area contributed by atoms with Gasteiger partial charge in [-0.25, -0.2) is 0 Å². The van der Waals surface area contributed by atoms with Gasteiger partial charge in [-0.1, -0.05) is 39.3 Å². The Bertz CT molecular complexity index is 118. The summed E-state index contributed by atoms with van der Waals surface area (Å²) in [6, 6.07) is 0. The zero-order valence-electron chi connectivity index (χ0n) is 7.86. The van der Waals surface area contributed by atoms with Crippen LogP contribution in [0.3, 0.4) is 0 Å². The molecular formula is C10H19. The van der Waals surface area contributed by atoms with Gasteiger partial charge in [0.1, 0.15) is 0 Å². The first-order valence-corrected chi connectivity index (χ1v) is 4.02. The lowest BCUT2D eigenvalue weighted by molar-refractivity contribution is 0.528. The maximum Gasteiger partial charge on any atom is -0.0119 e. The van der Waals surface area contributed by atoms with E-state index in [4.69, 9.17) is 0 Å². The van der Waals surface area contributed by atoms with Crippen LogP contribution in [0.5, 0.6) is 0 Å². The molecular weight excluding hydrogens is 120 g/mol. The molecule has 0 nitrogen and oxygen atoms in total. The zero-order chi connectivity index (χ0) is 8.20. The third kappa shape index (κ3) is 2.55. The highest BCUT2D eigenvalue weighted by Gasteiger charge is 2.16. The molecule has 0 aliphatic carbocycles. The van der Waals surface area contributed by atoms with Gasteiger partial charge >= 0.3 is 0 Å². The molecule has 0 aromatic rings. The third-order valence-corrected chi connectivity index (χ3v) is 2.25. The van der Waals surface area contributed by atoms with Crippen molar-refractivity contribution in [3.8, 4) is 0 Å². The van der Waals surface area contributed by atoms with Crippen molar-refractivity contribution in [2.45, 2.75) is 41.0 Å². The van der Waals surface area contributed by atoms with E-state index >= 15 is 0 Å². The largest absolute Gasteiger partial charge is 0.0853 e. The van der Waals surface area contributed by atoms with Gasteiger partial charge in [0.2, 0.25) is 0 Å². The molecule has 59 valence electrons. The van der Waals surface area contributed by atoms with E-state index in [2.05, 4.69) is 47.1 Å². The summed E-state index contributed by atoms with van der Waals surface area (Å²) >= 11 is 0. The minimum Gasteiger partial charge on any atom is -0.0853 e. The van der Waals surface area contributed by atoms with Crippen LogP contribution in [0.25, 0.3) is 0 Å². The van der Waals surface area contributed by atoms with Crippen LogP contribution >= 0.6 is 0 Å². The Morgan fingerprint density at radius 2 is 1.90 bits per heavy atom. The van der Waals surface area contributed by atoms with Crippen molar-refractivity contribution >= 4 is 0 Å². The van der Waals surface area contributed by atoms with Crippen LogP contribution in [-0.2, 0) is 0 Å². The number of allylic oxidation sites excluding steroid dienone is 2. The fraction of sp³-hybridized carbons (Fsp3) is 0.700. The van der Waals surface area contributed by atoms with Crippen molar-refractivity contribution in [1.29, 1.82) is 0 Å². The normalized spacial score (nSPS) is 13.9. The highest BCUT2D eigenvalue weighted by atomic mass is 14.2. The fourth-order valence-corrected chi connectivity index (χ4v) is 0.797. The first kappa shape index (κ1) is 9.74. The summed E-state index contributed by atoms with van der Waals surface area (Å²) in [6.07, 6.45) is 5.68.